The molecule has 0 heterocycles. The number of carbonyl (C=O) groups excluding carboxylic acids is 2. The van der Waals surface area contributed by atoms with Crippen molar-refractivity contribution in [2.45, 2.75) is 13.1 Å². The number of aliphatic hydroxyl groups is 1. The number of esters is 1. The molecule has 0 radical (unpaired) electrons. The van der Waals surface area contributed by atoms with Crippen molar-refractivity contribution in [3.63, 3.8) is 0 Å². The first kappa shape index (κ1) is 16.7. The number of allylic oxidation sites excluding steroid dienone is 1. The van der Waals surface area contributed by atoms with Gasteiger partial charge in [-0.2, -0.15) is 13.2 Å². The zero-order valence-corrected chi connectivity index (χ0v) is 10.7. The quantitative estimate of drug-likeness (QED) is 0.305. The van der Waals surface area contributed by atoms with E-state index < -0.39 is 40.6 Å². The Balaban J connectivity index is 3.09. The SMILES string of the molecule is CCOC(=O)C(O)=CC(=O)c1ccc(F)c(C(F)(F)F)c1. The lowest BCUT2D eigenvalue weighted by atomic mass is 10.1. The van der Waals surface area contributed by atoms with E-state index in [1.807, 2.05) is 0 Å². The van der Waals surface area contributed by atoms with Crippen LogP contribution >= 0.6 is 0 Å². The predicted molar refractivity (Wildman–Crippen MR) is 63.1 cm³/mol. The van der Waals surface area contributed by atoms with E-state index in [0.29, 0.717) is 18.2 Å². The standard InChI is InChI=1S/C13H10F4O4/c1-2-21-12(20)11(19)6-10(18)7-3-4-9(14)8(5-7)13(15,16)17/h3-6,19H,2H2,1H3. The lowest BCUT2D eigenvalue weighted by Gasteiger charge is -2.08. The number of aliphatic hydroxyl groups excluding tert-OH is 1. The highest BCUT2D eigenvalue weighted by atomic mass is 19.4. The summed E-state index contributed by atoms with van der Waals surface area (Å²) >= 11 is 0. The average molecular weight is 306 g/mol. The van der Waals surface area contributed by atoms with E-state index in [1.165, 1.54) is 6.92 Å². The fraction of sp³-hybridized carbons (Fsp3) is 0.231. The first-order chi connectivity index (χ1) is 9.66. The first-order valence-electron chi connectivity index (χ1n) is 5.65. The first-order valence-corrected chi connectivity index (χ1v) is 5.65. The van der Waals surface area contributed by atoms with Gasteiger partial charge in [0.15, 0.2) is 5.78 Å². The molecule has 114 valence electrons. The Morgan fingerprint density at radius 3 is 2.48 bits per heavy atom. The smallest absolute Gasteiger partial charge is 0.419 e. The number of ether oxygens (including phenoxy) is 1. The molecule has 4 nitrogen and oxygen atoms in total. The third-order valence-corrected chi connectivity index (χ3v) is 2.31. The molecule has 0 aliphatic rings. The van der Waals surface area contributed by atoms with Gasteiger partial charge in [0, 0.05) is 11.6 Å². The van der Waals surface area contributed by atoms with Crippen molar-refractivity contribution in [1.29, 1.82) is 0 Å². The number of hydrogen-bond acceptors (Lipinski definition) is 4. The van der Waals surface area contributed by atoms with Crippen molar-refractivity contribution < 1.29 is 37.0 Å². The molecule has 0 bridgehead atoms. The summed E-state index contributed by atoms with van der Waals surface area (Å²) in [6.45, 7) is 1.41. The summed E-state index contributed by atoms with van der Waals surface area (Å²) in [4.78, 5) is 22.7. The average Bonchev–Trinajstić information content (AvgIpc) is 2.37. The van der Waals surface area contributed by atoms with Gasteiger partial charge >= 0.3 is 12.1 Å². The minimum absolute atomic E-state index is 0.0559. The van der Waals surface area contributed by atoms with E-state index in [0.717, 1.165) is 6.07 Å². The molecule has 1 N–H and O–H groups in total. The summed E-state index contributed by atoms with van der Waals surface area (Å²) < 4.78 is 54.9. The van der Waals surface area contributed by atoms with Crippen molar-refractivity contribution in [3.05, 3.63) is 47.0 Å². The van der Waals surface area contributed by atoms with Gasteiger partial charge in [-0.25, -0.2) is 9.18 Å². The van der Waals surface area contributed by atoms with Crippen LogP contribution in [0.5, 0.6) is 0 Å². The van der Waals surface area contributed by atoms with Crippen molar-refractivity contribution in [1.82, 2.24) is 0 Å². The van der Waals surface area contributed by atoms with Gasteiger partial charge in [-0.1, -0.05) is 0 Å². The van der Waals surface area contributed by atoms with Crippen LogP contribution in [0.4, 0.5) is 17.6 Å². The summed E-state index contributed by atoms with van der Waals surface area (Å²) in [5.41, 5.74) is -2.14. The minimum Gasteiger partial charge on any atom is -0.502 e. The summed E-state index contributed by atoms with van der Waals surface area (Å²) in [6, 6.07) is 1.58. The highest BCUT2D eigenvalue weighted by Gasteiger charge is 2.34. The van der Waals surface area contributed by atoms with Crippen LogP contribution in [0, 0.1) is 5.82 Å². The molecule has 0 saturated carbocycles. The third-order valence-electron chi connectivity index (χ3n) is 2.31. The highest BCUT2D eigenvalue weighted by Crippen LogP contribution is 2.32. The second-order valence-corrected chi connectivity index (χ2v) is 3.81. The predicted octanol–water partition coefficient (Wildman–Crippen LogP) is 3.03. The van der Waals surface area contributed by atoms with Gasteiger partial charge in [0.1, 0.15) is 5.82 Å². The largest absolute Gasteiger partial charge is 0.502 e. The van der Waals surface area contributed by atoms with E-state index in [4.69, 9.17) is 0 Å². The normalized spacial score (nSPS) is 12.1. The Bertz CT molecular complexity index is 590. The van der Waals surface area contributed by atoms with E-state index >= 15 is 0 Å². The van der Waals surface area contributed by atoms with Crippen LogP contribution in [0.3, 0.4) is 0 Å². The maximum absolute atomic E-state index is 13.0. The molecular formula is C13H10F4O4. The number of ketones is 1. The molecule has 1 rings (SSSR count). The van der Waals surface area contributed by atoms with Gasteiger partial charge in [0.2, 0.25) is 5.76 Å². The summed E-state index contributed by atoms with van der Waals surface area (Å²) in [6.07, 6.45) is -4.56. The fourth-order valence-electron chi connectivity index (χ4n) is 1.37. The number of benzene rings is 1. The highest BCUT2D eigenvalue weighted by molar-refractivity contribution is 6.08. The molecule has 21 heavy (non-hydrogen) atoms. The maximum atomic E-state index is 13.0. The molecule has 0 aromatic heterocycles. The number of alkyl halides is 3. The van der Waals surface area contributed by atoms with E-state index in [1.54, 1.807) is 0 Å². The molecule has 0 saturated heterocycles. The molecule has 0 atom stereocenters. The van der Waals surface area contributed by atoms with E-state index in [9.17, 15) is 32.3 Å². The Morgan fingerprint density at radius 1 is 1.33 bits per heavy atom. The van der Waals surface area contributed by atoms with Crippen LogP contribution in [0.15, 0.2) is 30.0 Å². The van der Waals surface area contributed by atoms with Gasteiger partial charge in [-0.3, -0.25) is 4.79 Å². The second kappa shape index (κ2) is 6.38. The molecule has 0 spiro atoms. The van der Waals surface area contributed by atoms with Gasteiger partial charge in [0.05, 0.1) is 12.2 Å². The van der Waals surface area contributed by atoms with Crippen molar-refractivity contribution in [2.75, 3.05) is 6.61 Å². The number of carbonyl (C=O) groups is 2. The Morgan fingerprint density at radius 2 is 1.95 bits per heavy atom. The van der Waals surface area contributed by atoms with Crippen molar-refractivity contribution >= 4 is 11.8 Å². The third kappa shape index (κ3) is 4.30. The molecule has 1 aromatic carbocycles. The molecule has 0 fully saturated rings. The Labute approximate surface area is 116 Å². The van der Waals surface area contributed by atoms with Crippen molar-refractivity contribution in [2.24, 2.45) is 0 Å². The van der Waals surface area contributed by atoms with Crippen LogP contribution < -0.4 is 0 Å². The molecule has 0 amide bonds. The van der Waals surface area contributed by atoms with Gasteiger partial charge in [-0.15, -0.1) is 0 Å². The lowest BCUT2D eigenvalue weighted by molar-refractivity contribution is -0.141. The molecule has 0 unspecified atom stereocenters. The maximum Gasteiger partial charge on any atom is 0.419 e. The van der Waals surface area contributed by atoms with Gasteiger partial charge in [-0.05, 0) is 25.1 Å². The Kier molecular flexibility index (Phi) is 5.07. The van der Waals surface area contributed by atoms with Gasteiger partial charge < -0.3 is 9.84 Å². The van der Waals surface area contributed by atoms with Crippen molar-refractivity contribution in [3.8, 4) is 0 Å². The van der Waals surface area contributed by atoms with Crippen LogP contribution in [0.25, 0.3) is 0 Å². The van der Waals surface area contributed by atoms with Crippen LogP contribution in [0.1, 0.15) is 22.8 Å². The Hall–Kier alpha value is -2.38. The number of rotatable bonds is 4. The van der Waals surface area contributed by atoms with Gasteiger partial charge in [0.25, 0.3) is 0 Å². The van der Waals surface area contributed by atoms with E-state index in [-0.39, 0.29) is 6.61 Å². The molecular weight excluding hydrogens is 296 g/mol. The van der Waals surface area contributed by atoms with Crippen LogP contribution in [-0.4, -0.2) is 23.5 Å². The second-order valence-electron chi connectivity index (χ2n) is 3.81. The summed E-state index contributed by atoms with van der Waals surface area (Å²) in [5, 5.41) is 9.23. The lowest BCUT2D eigenvalue weighted by Crippen LogP contribution is -2.11. The van der Waals surface area contributed by atoms with E-state index in [2.05, 4.69) is 4.74 Å². The summed E-state index contributed by atoms with van der Waals surface area (Å²) in [5.74, 6) is -4.87. The number of halogens is 4. The molecule has 0 aliphatic heterocycles. The topological polar surface area (TPSA) is 63.6 Å². The molecule has 0 aliphatic carbocycles. The zero-order chi connectivity index (χ0) is 16.2. The number of hydrogen-bond donors (Lipinski definition) is 1. The van der Waals surface area contributed by atoms with Crippen LogP contribution in [-0.2, 0) is 15.7 Å². The summed E-state index contributed by atoms with van der Waals surface area (Å²) in [7, 11) is 0. The molecule has 1 aromatic rings. The monoisotopic (exact) mass is 306 g/mol. The van der Waals surface area contributed by atoms with Crippen LogP contribution in [0.2, 0.25) is 0 Å². The fourth-order valence-corrected chi connectivity index (χ4v) is 1.37. The minimum atomic E-state index is -4.97. The zero-order valence-electron chi connectivity index (χ0n) is 10.7. The molecule has 8 heteroatoms.